The number of benzene rings is 3. The smallest absolute Gasteiger partial charge is 0.264 e. The number of amides is 2. The van der Waals surface area contributed by atoms with E-state index in [1.54, 1.807) is 49.6 Å². The number of carbonyl (C=O) groups excluding carboxylic acids is 2. The van der Waals surface area contributed by atoms with Gasteiger partial charge in [0.05, 0.1) is 17.7 Å². The van der Waals surface area contributed by atoms with Crippen LogP contribution in [0.4, 0.5) is 10.1 Å². The quantitative estimate of drug-likeness (QED) is 0.310. The van der Waals surface area contributed by atoms with Gasteiger partial charge in [-0.05, 0) is 80.3 Å². The van der Waals surface area contributed by atoms with E-state index in [9.17, 15) is 22.4 Å². The lowest BCUT2D eigenvalue weighted by atomic mass is 10.1. The molecule has 0 bridgehead atoms. The molecule has 0 heterocycles. The number of halogens is 1. The van der Waals surface area contributed by atoms with Crippen molar-refractivity contribution in [3.05, 3.63) is 89.7 Å². The summed E-state index contributed by atoms with van der Waals surface area (Å²) in [5, 5.41) is 3.10. The number of hydrogen-bond donors (Lipinski definition) is 1. The maximum atomic E-state index is 14.2. The lowest BCUT2D eigenvalue weighted by Crippen LogP contribution is -2.53. The highest BCUT2D eigenvalue weighted by atomic mass is 32.2. The van der Waals surface area contributed by atoms with Gasteiger partial charge in [-0.2, -0.15) is 0 Å². The van der Waals surface area contributed by atoms with Crippen LogP contribution < -0.4 is 14.4 Å². The summed E-state index contributed by atoms with van der Waals surface area (Å²) in [4.78, 5) is 29.0. The van der Waals surface area contributed by atoms with Crippen molar-refractivity contribution in [1.82, 2.24) is 10.2 Å². The molecule has 0 aromatic heterocycles. The molecule has 0 unspecified atom stereocenters. The van der Waals surface area contributed by atoms with E-state index in [0.717, 1.165) is 53.2 Å². The first-order chi connectivity index (χ1) is 20.1. The molecule has 2 amide bonds. The summed E-state index contributed by atoms with van der Waals surface area (Å²) in [6.07, 6.45) is 4.21. The number of anilines is 1. The number of hydrogen-bond acceptors (Lipinski definition) is 5. The SMILES string of the molecule is CC[C@@H](C(=O)NC1CCCC1)N(Cc1cccc(OC)c1)C(=O)CN(c1ccc(C)cc1)S(=O)(=O)c1ccc(F)cc1. The molecule has 1 atom stereocenters. The second-order valence-electron chi connectivity index (χ2n) is 10.6. The van der Waals surface area contributed by atoms with Gasteiger partial charge in [-0.1, -0.05) is 49.6 Å². The summed E-state index contributed by atoms with van der Waals surface area (Å²) in [5.41, 5.74) is 1.93. The topological polar surface area (TPSA) is 96.0 Å². The number of methoxy groups -OCH3 is 1. The van der Waals surface area contributed by atoms with Crippen LogP contribution in [-0.4, -0.2) is 50.9 Å². The largest absolute Gasteiger partial charge is 0.497 e. The Bertz CT molecular complexity index is 1470. The first-order valence-corrected chi connectivity index (χ1v) is 15.6. The second-order valence-corrected chi connectivity index (χ2v) is 12.5. The zero-order chi connectivity index (χ0) is 30.3. The van der Waals surface area contributed by atoms with E-state index in [-0.39, 0.29) is 29.1 Å². The summed E-state index contributed by atoms with van der Waals surface area (Å²) in [7, 11) is -2.72. The van der Waals surface area contributed by atoms with Gasteiger partial charge in [0.1, 0.15) is 24.2 Å². The van der Waals surface area contributed by atoms with Crippen LogP contribution in [0.1, 0.15) is 50.2 Å². The van der Waals surface area contributed by atoms with Gasteiger partial charge >= 0.3 is 0 Å². The maximum absolute atomic E-state index is 14.2. The van der Waals surface area contributed by atoms with Crippen molar-refractivity contribution in [2.75, 3.05) is 18.0 Å². The standard InChI is InChI=1S/C32H38FN3O5S/c1-4-30(32(38)34-26-9-5-6-10-26)35(21-24-8-7-11-28(20-24)41-3)31(37)22-36(27-16-12-23(2)13-17-27)42(39,40)29-18-14-25(33)15-19-29/h7-8,11-20,26,30H,4-6,9-10,21-22H2,1-3H3,(H,34,38)/t30-/m0/s1. The van der Waals surface area contributed by atoms with Crippen molar-refractivity contribution in [2.45, 2.75) is 69.5 Å². The fraction of sp³-hybridized carbons (Fsp3) is 0.375. The monoisotopic (exact) mass is 595 g/mol. The number of carbonyl (C=O) groups is 2. The van der Waals surface area contributed by atoms with E-state index in [1.807, 2.05) is 19.9 Å². The van der Waals surface area contributed by atoms with Crippen LogP contribution in [0.3, 0.4) is 0 Å². The number of ether oxygens (including phenoxy) is 1. The second kappa shape index (κ2) is 13.8. The number of rotatable bonds is 12. The zero-order valence-electron chi connectivity index (χ0n) is 24.3. The zero-order valence-corrected chi connectivity index (χ0v) is 25.1. The summed E-state index contributed by atoms with van der Waals surface area (Å²) in [6, 6.07) is 17.7. The van der Waals surface area contributed by atoms with Gasteiger partial charge in [0.2, 0.25) is 11.8 Å². The van der Waals surface area contributed by atoms with E-state index in [0.29, 0.717) is 12.2 Å². The molecule has 3 aromatic rings. The predicted octanol–water partition coefficient (Wildman–Crippen LogP) is 5.20. The highest BCUT2D eigenvalue weighted by molar-refractivity contribution is 7.92. The van der Waals surface area contributed by atoms with E-state index >= 15 is 0 Å². The van der Waals surface area contributed by atoms with Crippen molar-refractivity contribution in [1.29, 1.82) is 0 Å². The Morgan fingerprint density at radius 2 is 1.69 bits per heavy atom. The predicted molar refractivity (Wildman–Crippen MR) is 160 cm³/mol. The Labute approximate surface area is 247 Å². The van der Waals surface area contributed by atoms with E-state index in [2.05, 4.69) is 5.32 Å². The third-order valence-corrected chi connectivity index (χ3v) is 9.37. The van der Waals surface area contributed by atoms with Crippen LogP contribution in [0.25, 0.3) is 0 Å². The molecule has 224 valence electrons. The molecule has 0 radical (unpaired) electrons. The van der Waals surface area contributed by atoms with Crippen LogP contribution in [0, 0.1) is 12.7 Å². The van der Waals surface area contributed by atoms with Gasteiger partial charge < -0.3 is 15.0 Å². The van der Waals surface area contributed by atoms with Crippen molar-refractivity contribution in [3.63, 3.8) is 0 Å². The van der Waals surface area contributed by atoms with Gasteiger partial charge in [0, 0.05) is 12.6 Å². The van der Waals surface area contributed by atoms with Crippen LogP contribution in [0.2, 0.25) is 0 Å². The third-order valence-electron chi connectivity index (χ3n) is 7.58. The molecule has 0 saturated heterocycles. The first-order valence-electron chi connectivity index (χ1n) is 14.2. The van der Waals surface area contributed by atoms with Crippen LogP contribution in [-0.2, 0) is 26.2 Å². The molecule has 4 rings (SSSR count). The number of sulfonamides is 1. The Morgan fingerprint density at radius 1 is 1.02 bits per heavy atom. The minimum Gasteiger partial charge on any atom is -0.497 e. The number of aryl methyl sites for hydroxylation is 1. The maximum Gasteiger partial charge on any atom is 0.264 e. The first kappa shape index (κ1) is 31.0. The molecule has 1 aliphatic carbocycles. The van der Waals surface area contributed by atoms with Gasteiger partial charge in [-0.15, -0.1) is 0 Å². The minimum absolute atomic E-state index is 0.0585. The van der Waals surface area contributed by atoms with E-state index in [4.69, 9.17) is 4.74 Å². The van der Waals surface area contributed by atoms with E-state index in [1.165, 1.54) is 17.0 Å². The molecule has 0 aliphatic heterocycles. The summed E-state index contributed by atoms with van der Waals surface area (Å²) in [6.45, 7) is 3.22. The summed E-state index contributed by atoms with van der Waals surface area (Å²) >= 11 is 0. The van der Waals surface area contributed by atoms with Crippen LogP contribution in [0.5, 0.6) is 5.75 Å². The summed E-state index contributed by atoms with van der Waals surface area (Å²) < 4.78 is 47.8. The molecule has 1 saturated carbocycles. The summed E-state index contributed by atoms with van der Waals surface area (Å²) in [5.74, 6) is -0.777. The molecular formula is C32H38FN3O5S. The average molecular weight is 596 g/mol. The molecule has 1 N–H and O–H groups in total. The fourth-order valence-electron chi connectivity index (χ4n) is 5.23. The Balaban J connectivity index is 1.71. The Hall–Kier alpha value is -3.92. The average Bonchev–Trinajstić information content (AvgIpc) is 3.49. The molecule has 0 spiro atoms. The van der Waals surface area contributed by atoms with Crippen LogP contribution in [0.15, 0.2) is 77.7 Å². The minimum atomic E-state index is -4.27. The molecule has 10 heteroatoms. The number of nitrogens with zero attached hydrogens (tertiary/aromatic N) is 2. The van der Waals surface area contributed by atoms with Gasteiger partial charge in [-0.3, -0.25) is 13.9 Å². The molecule has 42 heavy (non-hydrogen) atoms. The van der Waals surface area contributed by atoms with E-state index < -0.39 is 34.3 Å². The third kappa shape index (κ3) is 7.47. The number of nitrogens with one attached hydrogen (secondary N) is 1. The van der Waals surface area contributed by atoms with Gasteiger partial charge in [0.25, 0.3) is 10.0 Å². The normalized spacial score (nSPS) is 14.3. The Kier molecular flexibility index (Phi) is 10.2. The molecule has 8 nitrogen and oxygen atoms in total. The van der Waals surface area contributed by atoms with Crippen LogP contribution >= 0.6 is 0 Å². The molecule has 1 aliphatic rings. The highest BCUT2D eigenvalue weighted by Crippen LogP contribution is 2.26. The molecule has 1 fully saturated rings. The lowest BCUT2D eigenvalue weighted by Gasteiger charge is -2.34. The Morgan fingerprint density at radius 3 is 2.31 bits per heavy atom. The molecular weight excluding hydrogens is 557 g/mol. The van der Waals surface area contributed by atoms with Gasteiger partial charge in [-0.25, -0.2) is 12.8 Å². The fourth-order valence-corrected chi connectivity index (χ4v) is 6.64. The van der Waals surface area contributed by atoms with Crippen molar-refractivity contribution >= 4 is 27.5 Å². The van der Waals surface area contributed by atoms with Gasteiger partial charge in [0.15, 0.2) is 0 Å². The highest BCUT2D eigenvalue weighted by Gasteiger charge is 2.34. The van der Waals surface area contributed by atoms with Crippen molar-refractivity contribution < 1.29 is 27.1 Å². The molecule has 3 aromatic carbocycles. The van der Waals surface area contributed by atoms with Crippen molar-refractivity contribution in [2.24, 2.45) is 0 Å². The van der Waals surface area contributed by atoms with Crippen molar-refractivity contribution in [3.8, 4) is 5.75 Å². The lowest BCUT2D eigenvalue weighted by molar-refractivity contribution is -0.140.